The molecule has 6 heteroatoms. The number of carbonyl (C=O) groups excluding carboxylic acids is 1. The summed E-state index contributed by atoms with van der Waals surface area (Å²) in [4.78, 5) is 29.4. The second kappa shape index (κ2) is 10.1. The Kier molecular flexibility index (Phi) is 6.74. The van der Waals surface area contributed by atoms with Gasteiger partial charge in [-0.1, -0.05) is 43.7 Å². The number of aryl methyl sites for hydroxylation is 2. The zero-order valence-corrected chi connectivity index (χ0v) is 21.7. The average Bonchev–Trinajstić information content (AvgIpc) is 3.17. The minimum absolute atomic E-state index is 0.117. The molecule has 0 aliphatic carbocycles. The first-order valence-corrected chi connectivity index (χ1v) is 12.7. The highest BCUT2D eigenvalue weighted by Crippen LogP contribution is 2.40. The first-order valence-electron chi connectivity index (χ1n) is 12.7. The minimum Gasteiger partial charge on any atom is -0.497 e. The van der Waals surface area contributed by atoms with Crippen LogP contribution in [0.4, 0.5) is 0 Å². The number of amides is 1. The lowest BCUT2D eigenvalue weighted by Crippen LogP contribution is -2.29. The van der Waals surface area contributed by atoms with Crippen molar-refractivity contribution in [2.45, 2.75) is 46.2 Å². The molecule has 0 N–H and O–H groups in total. The van der Waals surface area contributed by atoms with Gasteiger partial charge in [0, 0.05) is 6.54 Å². The Morgan fingerprint density at radius 1 is 0.946 bits per heavy atom. The summed E-state index contributed by atoms with van der Waals surface area (Å²) >= 11 is 0. The van der Waals surface area contributed by atoms with Gasteiger partial charge in [0.15, 0.2) is 5.43 Å². The zero-order valence-electron chi connectivity index (χ0n) is 21.7. The topological polar surface area (TPSA) is 69.0 Å². The van der Waals surface area contributed by atoms with Crippen molar-refractivity contribution in [2.75, 3.05) is 13.7 Å². The van der Waals surface area contributed by atoms with E-state index in [1.165, 1.54) is 0 Å². The lowest BCUT2D eigenvalue weighted by molar-refractivity contribution is 0.0714. The molecule has 1 aliphatic heterocycles. The Balaban J connectivity index is 1.62. The molecule has 0 saturated heterocycles. The van der Waals surface area contributed by atoms with E-state index >= 15 is 0 Å². The summed E-state index contributed by atoms with van der Waals surface area (Å²) in [6.07, 6.45) is 2.04. The van der Waals surface area contributed by atoms with Crippen molar-refractivity contribution in [1.82, 2.24) is 4.90 Å². The Morgan fingerprint density at radius 2 is 1.65 bits per heavy atom. The molecule has 4 aromatic rings. The molecule has 190 valence electrons. The Labute approximate surface area is 216 Å². The van der Waals surface area contributed by atoms with Gasteiger partial charge in [-0.2, -0.15) is 0 Å². The van der Waals surface area contributed by atoms with Gasteiger partial charge in [-0.3, -0.25) is 9.59 Å². The van der Waals surface area contributed by atoms with E-state index in [4.69, 9.17) is 13.9 Å². The summed E-state index contributed by atoms with van der Waals surface area (Å²) in [6.45, 7) is 6.94. The maximum absolute atomic E-state index is 13.9. The lowest BCUT2D eigenvalue weighted by Gasteiger charge is -2.25. The van der Waals surface area contributed by atoms with Crippen LogP contribution in [0.25, 0.3) is 11.0 Å². The van der Waals surface area contributed by atoms with Gasteiger partial charge in [0.05, 0.1) is 30.7 Å². The molecule has 0 saturated carbocycles. The van der Waals surface area contributed by atoms with Gasteiger partial charge in [0.25, 0.3) is 5.91 Å². The van der Waals surface area contributed by atoms with Crippen molar-refractivity contribution in [3.05, 3.63) is 104 Å². The molecule has 0 spiro atoms. The van der Waals surface area contributed by atoms with Gasteiger partial charge in [-0.05, 0) is 72.9 Å². The number of rotatable bonds is 8. The third kappa shape index (κ3) is 4.59. The van der Waals surface area contributed by atoms with Gasteiger partial charge < -0.3 is 18.8 Å². The molecule has 6 nitrogen and oxygen atoms in total. The number of hydrogen-bond acceptors (Lipinski definition) is 5. The fourth-order valence-electron chi connectivity index (χ4n) is 4.99. The van der Waals surface area contributed by atoms with Crippen molar-refractivity contribution in [1.29, 1.82) is 0 Å². The summed E-state index contributed by atoms with van der Waals surface area (Å²) in [5.41, 5.74) is 4.25. The van der Waals surface area contributed by atoms with Crippen LogP contribution in [0.3, 0.4) is 0 Å². The van der Waals surface area contributed by atoms with Crippen molar-refractivity contribution in [3.8, 4) is 11.5 Å². The third-order valence-corrected chi connectivity index (χ3v) is 6.87. The van der Waals surface area contributed by atoms with Crippen molar-refractivity contribution >= 4 is 16.9 Å². The van der Waals surface area contributed by atoms with E-state index in [0.717, 1.165) is 46.6 Å². The average molecular weight is 498 g/mol. The van der Waals surface area contributed by atoms with E-state index in [9.17, 15) is 9.59 Å². The highest BCUT2D eigenvalue weighted by Gasteiger charge is 2.42. The number of fused-ring (bicyclic) bond motifs is 2. The summed E-state index contributed by atoms with van der Waals surface area (Å²) in [5, 5.41) is 0.500. The SMILES string of the molecule is CCCCOc1ccc(C2c3c(oc4c(C)cc(C)cc4c3=O)C(=O)N2Cc2ccc(OC)cc2)cc1. The molecular formula is C31H31NO5. The highest BCUT2D eigenvalue weighted by molar-refractivity contribution is 5.99. The molecule has 1 amide bonds. The van der Waals surface area contributed by atoms with Crippen LogP contribution in [-0.2, 0) is 6.54 Å². The molecule has 0 fully saturated rings. The predicted octanol–water partition coefficient (Wildman–Crippen LogP) is 6.34. The normalized spacial score (nSPS) is 14.8. The summed E-state index contributed by atoms with van der Waals surface area (Å²) in [5.74, 6) is 1.33. The van der Waals surface area contributed by atoms with Crippen LogP contribution in [-0.4, -0.2) is 24.5 Å². The molecule has 1 atom stereocenters. The van der Waals surface area contributed by atoms with Crippen LogP contribution in [0.1, 0.15) is 64.2 Å². The number of nitrogens with zero attached hydrogens (tertiary/aromatic N) is 1. The molecule has 2 heterocycles. The van der Waals surface area contributed by atoms with Crippen molar-refractivity contribution < 1.29 is 18.7 Å². The minimum atomic E-state index is -0.573. The van der Waals surface area contributed by atoms with Crippen LogP contribution < -0.4 is 14.9 Å². The van der Waals surface area contributed by atoms with Gasteiger partial charge in [0.2, 0.25) is 5.76 Å². The fourth-order valence-corrected chi connectivity index (χ4v) is 4.99. The quantitative estimate of drug-likeness (QED) is 0.266. The van der Waals surface area contributed by atoms with Crippen LogP contribution in [0, 0.1) is 13.8 Å². The van der Waals surface area contributed by atoms with Gasteiger partial charge in [-0.15, -0.1) is 0 Å². The van der Waals surface area contributed by atoms with E-state index in [1.807, 2.05) is 74.5 Å². The predicted molar refractivity (Wildman–Crippen MR) is 144 cm³/mol. The molecular weight excluding hydrogens is 466 g/mol. The number of hydrogen-bond donors (Lipinski definition) is 0. The summed E-state index contributed by atoms with van der Waals surface area (Å²) in [6, 6.07) is 18.5. The smallest absolute Gasteiger partial charge is 0.291 e. The number of benzene rings is 3. The molecule has 1 unspecified atom stereocenters. The molecule has 1 aromatic heterocycles. The van der Waals surface area contributed by atoms with Gasteiger partial charge in [-0.25, -0.2) is 0 Å². The van der Waals surface area contributed by atoms with Crippen LogP contribution >= 0.6 is 0 Å². The van der Waals surface area contributed by atoms with Crippen molar-refractivity contribution in [3.63, 3.8) is 0 Å². The first-order chi connectivity index (χ1) is 17.9. The second-order valence-corrected chi connectivity index (χ2v) is 9.59. The molecule has 37 heavy (non-hydrogen) atoms. The van der Waals surface area contributed by atoms with E-state index in [-0.39, 0.29) is 17.1 Å². The number of methoxy groups -OCH3 is 1. The lowest BCUT2D eigenvalue weighted by atomic mass is 9.97. The molecule has 5 rings (SSSR count). The monoisotopic (exact) mass is 497 g/mol. The molecule has 0 radical (unpaired) electrons. The number of carbonyl (C=O) groups is 1. The van der Waals surface area contributed by atoms with E-state index in [2.05, 4.69) is 6.92 Å². The molecule has 0 bridgehead atoms. The van der Waals surface area contributed by atoms with E-state index < -0.39 is 6.04 Å². The van der Waals surface area contributed by atoms with Gasteiger partial charge >= 0.3 is 0 Å². The maximum Gasteiger partial charge on any atom is 0.291 e. The largest absolute Gasteiger partial charge is 0.497 e. The molecule has 1 aliphatic rings. The Bertz CT molecular complexity index is 1500. The fraction of sp³-hybridized carbons (Fsp3) is 0.290. The third-order valence-electron chi connectivity index (χ3n) is 6.87. The molecule has 3 aromatic carbocycles. The van der Waals surface area contributed by atoms with Gasteiger partial charge in [0.1, 0.15) is 17.1 Å². The van der Waals surface area contributed by atoms with E-state index in [0.29, 0.717) is 29.7 Å². The first kappa shape index (κ1) is 24.6. The second-order valence-electron chi connectivity index (χ2n) is 9.59. The zero-order chi connectivity index (χ0) is 26.1. The maximum atomic E-state index is 13.9. The summed E-state index contributed by atoms with van der Waals surface area (Å²) in [7, 11) is 1.62. The highest BCUT2D eigenvalue weighted by atomic mass is 16.5. The van der Waals surface area contributed by atoms with Crippen LogP contribution in [0.2, 0.25) is 0 Å². The van der Waals surface area contributed by atoms with Crippen LogP contribution in [0.5, 0.6) is 11.5 Å². The number of ether oxygens (including phenoxy) is 2. The van der Waals surface area contributed by atoms with E-state index in [1.54, 1.807) is 12.0 Å². The summed E-state index contributed by atoms with van der Waals surface area (Å²) < 4.78 is 17.3. The van der Waals surface area contributed by atoms with Crippen LogP contribution in [0.15, 0.2) is 69.9 Å². The Hall–Kier alpha value is -4.06. The standard InChI is InChI=1S/C31H31NO5/c1-5-6-15-36-24-13-9-22(10-14-24)27-26-28(33)25-17-19(2)16-20(3)29(25)37-30(26)31(34)32(27)18-21-7-11-23(35-4)12-8-21/h7-14,16-17,27H,5-6,15,18H2,1-4H3. The number of unbranched alkanes of at least 4 members (excludes halogenated alkanes) is 1. The Morgan fingerprint density at radius 3 is 2.32 bits per heavy atom. The van der Waals surface area contributed by atoms with Crippen molar-refractivity contribution in [2.24, 2.45) is 0 Å².